The van der Waals surface area contributed by atoms with Gasteiger partial charge in [-0.25, -0.2) is 0 Å². The van der Waals surface area contributed by atoms with Crippen LogP contribution in [-0.2, 0) is 17.8 Å². The summed E-state index contributed by atoms with van der Waals surface area (Å²) in [5.41, 5.74) is 1.43. The van der Waals surface area contributed by atoms with E-state index in [2.05, 4.69) is 28.2 Å². The Bertz CT molecular complexity index is 457. The molecule has 19 heavy (non-hydrogen) atoms. The number of rotatable bonds is 2. The van der Waals surface area contributed by atoms with Crippen molar-refractivity contribution in [1.82, 2.24) is 9.80 Å². The Balaban J connectivity index is 1.58. The zero-order chi connectivity index (χ0) is 13.2. The van der Waals surface area contributed by atoms with Gasteiger partial charge in [0.25, 0.3) is 0 Å². The quantitative estimate of drug-likeness (QED) is 0.830. The zero-order valence-corrected chi connectivity index (χ0v) is 12.4. The van der Waals surface area contributed by atoms with Crippen LogP contribution in [0.1, 0.15) is 36.6 Å². The maximum atomic E-state index is 12.4. The third kappa shape index (κ3) is 2.84. The van der Waals surface area contributed by atoms with Gasteiger partial charge in [-0.3, -0.25) is 9.69 Å². The standard InChI is InChI=1S/C15H22N2OS/c1-12-4-2-3-7-17(12)15(18)11-16-8-5-14-13(10-16)6-9-19-14/h6,9,12H,2-5,7-8,10-11H2,1H3/t12-/m0/s1. The number of hydrogen-bond acceptors (Lipinski definition) is 3. The second-order valence-electron chi connectivity index (χ2n) is 5.76. The van der Waals surface area contributed by atoms with E-state index in [4.69, 9.17) is 0 Å². The lowest BCUT2D eigenvalue weighted by molar-refractivity contribution is -0.135. The van der Waals surface area contributed by atoms with E-state index >= 15 is 0 Å². The number of thiophene rings is 1. The average Bonchev–Trinajstić information content (AvgIpc) is 2.86. The highest BCUT2D eigenvalue weighted by molar-refractivity contribution is 7.10. The Hall–Kier alpha value is -0.870. The van der Waals surface area contributed by atoms with Gasteiger partial charge in [0.15, 0.2) is 0 Å². The molecule has 1 fully saturated rings. The van der Waals surface area contributed by atoms with Gasteiger partial charge in [-0.15, -0.1) is 11.3 Å². The predicted octanol–water partition coefficient (Wildman–Crippen LogP) is 2.51. The van der Waals surface area contributed by atoms with Crippen LogP contribution in [0.2, 0.25) is 0 Å². The first kappa shape index (κ1) is 13.1. The molecule has 2 aliphatic rings. The van der Waals surface area contributed by atoms with Gasteiger partial charge in [0, 0.05) is 30.6 Å². The van der Waals surface area contributed by atoms with Crippen molar-refractivity contribution in [3.63, 3.8) is 0 Å². The average molecular weight is 278 g/mol. The normalized spacial score (nSPS) is 24.3. The predicted molar refractivity (Wildman–Crippen MR) is 78.3 cm³/mol. The monoisotopic (exact) mass is 278 g/mol. The number of nitrogens with zero attached hydrogens (tertiary/aromatic N) is 2. The fraction of sp³-hybridized carbons (Fsp3) is 0.667. The van der Waals surface area contributed by atoms with Crippen LogP contribution in [0.4, 0.5) is 0 Å². The molecule has 3 rings (SSSR count). The molecule has 1 saturated heterocycles. The summed E-state index contributed by atoms with van der Waals surface area (Å²) in [6.07, 6.45) is 4.72. The minimum absolute atomic E-state index is 0.325. The Morgan fingerprint density at radius 3 is 3.16 bits per heavy atom. The molecule has 0 bridgehead atoms. The van der Waals surface area contributed by atoms with Crippen LogP contribution in [0.5, 0.6) is 0 Å². The Labute approximate surface area is 119 Å². The van der Waals surface area contributed by atoms with Gasteiger partial charge in [0.05, 0.1) is 6.54 Å². The van der Waals surface area contributed by atoms with Crippen LogP contribution in [0, 0.1) is 0 Å². The number of amides is 1. The highest BCUT2D eigenvalue weighted by Gasteiger charge is 2.26. The lowest BCUT2D eigenvalue weighted by Crippen LogP contribution is -2.47. The molecular weight excluding hydrogens is 256 g/mol. The molecule has 4 heteroatoms. The van der Waals surface area contributed by atoms with Crippen molar-refractivity contribution in [1.29, 1.82) is 0 Å². The van der Waals surface area contributed by atoms with Crippen molar-refractivity contribution < 1.29 is 4.79 Å². The molecule has 1 amide bonds. The summed E-state index contributed by atoms with van der Waals surface area (Å²) in [4.78, 5) is 18.3. The van der Waals surface area contributed by atoms with Gasteiger partial charge >= 0.3 is 0 Å². The molecule has 1 aromatic rings. The van der Waals surface area contributed by atoms with Gasteiger partial charge in [-0.05, 0) is 49.6 Å². The van der Waals surface area contributed by atoms with E-state index in [1.807, 2.05) is 11.3 Å². The summed E-state index contributed by atoms with van der Waals surface area (Å²) in [5, 5.41) is 2.17. The first-order valence-electron chi connectivity index (χ1n) is 7.31. The first-order valence-corrected chi connectivity index (χ1v) is 8.19. The molecule has 0 aromatic carbocycles. The van der Waals surface area contributed by atoms with Crippen molar-refractivity contribution in [2.75, 3.05) is 19.6 Å². The van der Waals surface area contributed by atoms with Crippen molar-refractivity contribution >= 4 is 17.2 Å². The first-order chi connectivity index (χ1) is 9.24. The smallest absolute Gasteiger partial charge is 0.236 e. The number of hydrogen-bond donors (Lipinski definition) is 0. The Morgan fingerprint density at radius 1 is 1.42 bits per heavy atom. The van der Waals surface area contributed by atoms with Crippen LogP contribution in [0.25, 0.3) is 0 Å². The lowest BCUT2D eigenvalue weighted by atomic mass is 10.0. The summed E-state index contributed by atoms with van der Waals surface area (Å²) >= 11 is 1.85. The number of carbonyl (C=O) groups excluding carboxylic acids is 1. The van der Waals surface area contributed by atoms with Gasteiger partial charge in [-0.2, -0.15) is 0 Å². The van der Waals surface area contributed by atoms with Crippen LogP contribution in [0.3, 0.4) is 0 Å². The van der Waals surface area contributed by atoms with E-state index in [0.717, 1.165) is 26.1 Å². The molecule has 1 aromatic heterocycles. The van der Waals surface area contributed by atoms with E-state index in [0.29, 0.717) is 18.5 Å². The fourth-order valence-electron chi connectivity index (χ4n) is 3.19. The summed E-state index contributed by atoms with van der Waals surface area (Å²) < 4.78 is 0. The summed E-state index contributed by atoms with van der Waals surface area (Å²) in [6.45, 7) is 5.72. The summed E-state index contributed by atoms with van der Waals surface area (Å²) in [6, 6.07) is 2.64. The second kappa shape index (κ2) is 5.63. The molecule has 0 radical (unpaired) electrons. The molecule has 0 saturated carbocycles. The molecule has 2 aliphatic heterocycles. The van der Waals surface area contributed by atoms with Gasteiger partial charge in [-0.1, -0.05) is 0 Å². The number of carbonyl (C=O) groups is 1. The van der Waals surface area contributed by atoms with Crippen molar-refractivity contribution in [3.05, 3.63) is 21.9 Å². The zero-order valence-electron chi connectivity index (χ0n) is 11.6. The molecule has 0 spiro atoms. The SMILES string of the molecule is C[C@H]1CCCCN1C(=O)CN1CCc2sccc2C1. The highest BCUT2D eigenvalue weighted by Crippen LogP contribution is 2.24. The van der Waals surface area contributed by atoms with Crippen molar-refractivity contribution in [2.24, 2.45) is 0 Å². The minimum Gasteiger partial charge on any atom is -0.339 e. The maximum Gasteiger partial charge on any atom is 0.236 e. The molecule has 0 aliphatic carbocycles. The molecule has 0 N–H and O–H groups in total. The topological polar surface area (TPSA) is 23.6 Å². The highest BCUT2D eigenvalue weighted by atomic mass is 32.1. The van der Waals surface area contributed by atoms with Crippen LogP contribution >= 0.6 is 11.3 Å². The summed E-state index contributed by atoms with van der Waals surface area (Å²) in [5.74, 6) is 0.325. The third-order valence-electron chi connectivity index (χ3n) is 4.37. The van der Waals surface area contributed by atoms with E-state index in [-0.39, 0.29) is 0 Å². The number of piperidine rings is 1. The van der Waals surface area contributed by atoms with Crippen LogP contribution < -0.4 is 0 Å². The molecule has 3 nitrogen and oxygen atoms in total. The van der Waals surface area contributed by atoms with Crippen molar-refractivity contribution in [2.45, 2.75) is 45.2 Å². The minimum atomic E-state index is 0.325. The van der Waals surface area contributed by atoms with Crippen molar-refractivity contribution in [3.8, 4) is 0 Å². The Morgan fingerprint density at radius 2 is 2.32 bits per heavy atom. The molecule has 3 heterocycles. The maximum absolute atomic E-state index is 12.4. The molecule has 1 atom stereocenters. The third-order valence-corrected chi connectivity index (χ3v) is 5.39. The molecular formula is C15H22N2OS. The number of fused-ring (bicyclic) bond motifs is 1. The summed E-state index contributed by atoms with van der Waals surface area (Å²) in [7, 11) is 0. The Kier molecular flexibility index (Phi) is 3.89. The van der Waals surface area contributed by atoms with E-state index in [1.165, 1.54) is 29.7 Å². The van der Waals surface area contributed by atoms with Gasteiger partial charge in [0.2, 0.25) is 5.91 Å². The van der Waals surface area contributed by atoms with Crippen LogP contribution in [-0.4, -0.2) is 41.4 Å². The molecule has 0 unspecified atom stereocenters. The largest absolute Gasteiger partial charge is 0.339 e. The fourth-order valence-corrected chi connectivity index (χ4v) is 4.08. The molecule has 104 valence electrons. The van der Waals surface area contributed by atoms with Gasteiger partial charge < -0.3 is 4.90 Å². The second-order valence-corrected chi connectivity index (χ2v) is 6.76. The lowest BCUT2D eigenvalue weighted by Gasteiger charge is -2.35. The number of likely N-dealkylation sites (tertiary alicyclic amines) is 1. The van der Waals surface area contributed by atoms with E-state index in [1.54, 1.807) is 0 Å². The van der Waals surface area contributed by atoms with E-state index < -0.39 is 0 Å². The van der Waals surface area contributed by atoms with E-state index in [9.17, 15) is 4.79 Å². The van der Waals surface area contributed by atoms with Gasteiger partial charge in [0.1, 0.15) is 0 Å². The van der Waals surface area contributed by atoms with Crippen LogP contribution in [0.15, 0.2) is 11.4 Å².